The Labute approximate surface area is 167 Å². The van der Waals surface area contributed by atoms with Crippen molar-refractivity contribution in [1.29, 1.82) is 0 Å². The topological polar surface area (TPSA) is 50.7 Å². The first-order valence-corrected chi connectivity index (χ1v) is 9.94. The van der Waals surface area contributed by atoms with Crippen LogP contribution in [-0.2, 0) is 6.54 Å². The molecule has 0 amide bonds. The van der Waals surface area contributed by atoms with Crippen LogP contribution in [0.4, 0.5) is 0 Å². The summed E-state index contributed by atoms with van der Waals surface area (Å²) in [4.78, 5) is 0. The van der Waals surface area contributed by atoms with Crippen LogP contribution in [-0.4, -0.2) is 24.4 Å². The molecule has 0 saturated heterocycles. The van der Waals surface area contributed by atoms with Gasteiger partial charge in [-0.2, -0.15) is 0 Å². The number of aliphatic hydroxyl groups excluding tert-OH is 1. The second-order valence-electron chi connectivity index (χ2n) is 6.85. The second kappa shape index (κ2) is 11.2. The maximum Gasteiger partial charge on any atom is 0.138 e. The maximum absolute atomic E-state index is 10.4. The van der Waals surface area contributed by atoms with E-state index in [-0.39, 0.29) is 6.10 Å². The molecular weight excluding hydrogens is 362 g/mol. The van der Waals surface area contributed by atoms with E-state index in [1.807, 2.05) is 44.2 Å². The van der Waals surface area contributed by atoms with Crippen LogP contribution in [0.1, 0.15) is 50.8 Å². The highest BCUT2D eigenvalue weighted by molar-refractivity contribution is 6.32. The molecule has 0 saturated carbocycles. The first kappa shape index (κ1) is 21.5. The molecule has 0 aliphatic heterocycles. The molecule has 0 fully saturated rings. The average molecular weight is 392 g/mol. The Morgan fingerprint density at radius 2 is 1.85 bits per heavy atom. The van der Waals surface area contributed by atoms with Crippen LogP contribution in [0.15, 0.2) is 42.5 Å². The van der Waals surface area contributed by atoms with E-state index in [0.717, 1.165) is 36.3 Å². The summed E-state index contributed by atoms with van der Waals surface area (Å²) in [5.74, 6) is 1.53. The molecule has 0 bridgehead atoms. The van der Waals surface area contributed by atoms with Gasteiger partial charge in [0.05, 0.1) is 23.8 Å². The molecule has 148 valence electrons. The van der Waals surface area contributed by atoms with E-state index in [4.69, 9.17) is 21.1 Å². The number of nitrogens with one attached hydrogen (secondary N) is 1. The number of ether oxygens (including phenoxy) is 2. The van der Waals surface area contributed by atoms with Gasteiger partial charge in [0.2, 0.25) is 0 Å². The normalized spacial score (nSPS) is 12.2. The van der Waals surface area contributed by atoms with E-state index in [1.165, 1.54) is 0 Å². The minimum Gasteiger partial charge on any atom is -0.494 e. The van der Waals surface area contributed by atoms with Gasteiger partial charge in [-0.25, -0.2) is 0 Å². The van der Waals surface area contributed by atoms with Gasteiger partial charge in [-0.05, 0) is 55.7 Å². The number of benzene rings is 2. The number of halogens is 1. The lowest BCUT2D eigenvalue weighted by Crippen LogP contribution is -2.21. The Kier molecular flexibility index (Phi) is 8.92. The molecule has 27 heavy (non-hydrogen) atoms. The quantitative estimate of drug-likeness (QED) is 0.521. The van der Waals surface area contributed by atoms with Crippen LogP contribution >= 0.6 is 11.6 Å². The van der Waals surface area contributed by atoms with Gasteiger partial charge < -0.3 is 19.9 Å². The third-order valence-electron chi connectivity index (χ3n) is 4.06. The number of hydrogen-bond acceptors (Lipinski definition) is 4. The van der Waals surface area contributed by atoms with Gasteiger partial charge in [0.15, 0.2) is 0 Å². The van der Waals surface area contributed by atoms with Crippen molar-refractivity contribution >= 4 is 11.6 Å². The average Bonchev–Trinajstić information content (AvgIpc) is 2.64. The highest BCUT2D eigenvalue weighted by atomic mass is 35.5. The van der Waals surface area contributed by atoms with Crippen LogP contribution in [0.2, 0.25) is 5.02 Å². The predicted octanol–water partition coefficient (Wildman–Crippen LogP) is 5.13. The van der Waals surface area contributed by atoms with Gasteiger partial charge >= 0.3 is 0 Å². The van der Waals surface area contributed by atoms with Gasteiger partial charge in [-0.15, -0.1) is 0 Å². The molecular formula is C22H30ClNO3. The van der Waals surface area contributed by atoms with Crippen molar-refractivity contribution in [2.75, 3.05) is 13.2 Å². The van der Waals surface area contributed by atoms with Crippen molar-refractivity contribution in [1.82, 2.24) is 5.32 Å². The Hall–Kier alpha value is -1.75. The van der Waals surface area contributed by atoms with Crippen molar-refractivity contribution in [2.24, 2.45) is 0 Å². The Morgan fingerprint density at radius 3 is 2.48 bits per heavy atom. The van der Waals surface area contributed by atoms with Crippen molar-refractivity contribution in [3.63, 3.8) is 0 Å². The number of aliphatic hydroxyl groups is 1. The third kappa shape index (κ3) is 7.41. The zero-order valence-electron chi connectivity index (χ0n) is 16.4. The Bertz CT molecular complexity index is 688. The van der Waals surface area contributed by atoms with E-state index in [1.54, 1.807) is 12.1 Å². The van der Waals surface area contributed by atoms with Gasteiger partial charge in [0, 0.05) is 13.1 Å². The smallest absolute Gasteiger partial charge is 0.138 e. The van der Waals surface area contributed by atoms with Crippen molar-refractivity contribution < 1.29 is 14.6 Å². The molecule has 0 aliphatic carbocycles. The van der Waals surface area contributed by atoms with Crippen LogP contribution < -0.4 is 14.8 Å². The molecule has 2 rings (SSSR count). The molecule has 0 aliphatic rings. The van der Waals surface area contributed by atoms with Crippen molar-refractivity contribution in [3.05, 3.63) is 58.6 Å². The molecule has 2 aromatic rings. The summed E-state index contributed by atoms with van der Waals surface area (Å²) in [5.41, 5.74) is 1.91. The van der Waals surface area contributed by atoms with Crippen molar-refractivity contribution in [2.45, 2.75) is 52.4 Å². The standard InChI is InChI=1S/C22H30ClNO3/c1-4-5-12-26-19-9-6-17(7-10-19)14-24-15-21(25)18-8-11-22(20(23)13-18)27-16(2)3/h6-11,13,16,21,24-25H,4-5,12,14-15H2,1-3H3. The van der Waals surface area contributed by atoms with E-state index in [9.17, 15) is 5.11 Å². The molecule has 0 radical (unpaired) electrons. The van der Waals surface area contributed by atoms with E-state index < -0.39 is 6.10 Å². The molecule has 1 atom stereocenters. The summed E-state index contributed by atoms with van der Waals surface area (Å²) in [6.07, 6.45) is 1.62. The zero-order valence-corrected chi connectivity index (χ0v) is 17.1. The molecule has 1 unspecified atom stereocenters. The second-order valence-corrected chi connectivity index (χ2v) is 7.26. The number of rotatable bonds is 11. The first-order valence-electron chi connectivity index (χ1n) is 9.56. The zero-order chi connectivity index (χ0) is 19.6. The first-order chi connectivity index (χ1) is 13.0. The minimum atomic E-state index is -0.632. The fourth-order valence-corrected chi connectivity index (χ4v) is 2.82. The summed E-state index contributed by atoms with van der Waals surface area (Å²) in [7, 11) is 0. The summed E-state index contributed by atoms with van der Waals surface area (Å²) in [6, 6.07) is 13.4. The molecule has 0 aromatic heterocycles. The molecule has 2 N–H and O–H groups in total. The van der Waals surface area contributed by atoms with E-state index in [2.05, 4.69) is 12.2 Å². The SMILES string of the molecule is CCCCOc1ccc(CNCC(O)c2ccc(OC(C)C)c(Cl)c2)cc1. The minimum absolute atomic E-state index is 0.0587. The molecule has 5 heteroatoms. The summed E-state index contributed by atoms with van der Waals surface area (Å²) in [6.45, 7) is 7.92. The molecule has 2 aromatic carbocycles. The molecule has 4 nitrogen and oxygen atoms in total. The summed E-state index contributed by atoms with van der Waals surface area (Å²) >= 11 is 6.24. The van der Waals surface area contributed by atoms with Crippen LogP contribution in [0.3, 0.4) is 0 Å². The monoisotopic (exact) mass is 391 g/mol. The predicted molar refractivity (Wildman–Crippen MR) is 111 cm³/mol. The summed E-state index contributed by atoms with van der Waals surface area (Å²) < 4.78 is 11.3. The lowest BCUT2D eigenvalue weighted by molar-refractivity contribution is 0.174. The van der Waals surface area contributed by atoms with E-state index >= 15 is 0 Å². The highest BCUT2D eigenvalue weighted by Crippen LogP contribution is 2.28. The van der Waals surface area contributed by atoms with Gasteiger partial charge in [0.1, 0.15) is 11.5 Å². The fourth-order valence-electron chi connectivity index (χ4n) is 2.58. The molecule has 0 spiro atoms. The lowest BCUT2D eigenvalue weighted by Gasteiger charge is -2.16. The number of unbranched alkanes of at least 4 members (excludes halogenated alkanes) is 1. The molecule has 0 heterocycles. The fraction of sp³-hybridized carbons (Fsp3) is 0.455. The van der Waals surface area contributed by atoms with E-state index in [0.29, 0.717) is 23.9 Å². The lowest BCUT2D eigenvalue weighted by atomic mass is 10.1. The van der Waals surface area contributed by atoms with Crippen LogP contribution in [0, 0.1) is 0 Å². The van der Waals surface area contributed by atoms with Crippen LogP contribution in [0.5, 0.6) is 11.5 Å². The Balaban J connectivity index is 1.80. The van der Waals surface area contributed by atoms with Gasteiger partial charge in [-0.3, -0.25) is 0 Å². The van der Waals surface area contributed by atoms with Gasteiger partial charge in [0.25, 0.3) is 0 Å². The van der Waals surface area contributed by atoms with Crippen LogP contribution in [0.25, 0.3) is 0 Å². The van der Waals surface area contributed by atoms with Gasteiger partial charge in [-0.1, -0.05) is 43.1 Å². The third-order valence-corrected chi connectivity index (χ3v) is 4.36. The Morgan fingerprint density at radius 1 is 1.11 bits per heavy atom. The number of hydrogen-bond donors (Lipinski definition) is 2. The summed E-state index contributed by atoms with van der Waals surface area (Å²) in [5, 5.41) is 14.2. The largest absolute Gasteiger partial charge is 0.494 e. The van der Waals surface area contributed by atoms with Crippen molar-refractivity contribution in [3.8, 4) is 11.5 Å². The maximum atomic E-state index is 10.4. The highest BCUT2D eigenvalue weighted by Gasteiger charge is 2.11.